The molecule has 2 fully saturated rings. The van der Waals surface area contributed by atoms with Crippen molar-refractivity contribution in [1.29, 1.82) is 0 Å². The largest absolute Gasteiger partial charge is 0.510 e. The molecule has 4 unspecified atom stereocenters. The minimum absolute atomic E-state index is 0.125. The molecule has 0 aromatic carbocycles. The predicted molar refractivity (Wildman–Crippen MR) is 188 cm³/mol. The minimum atomic E-state index is -2.49. The number of carbonyl (C=O) groups excluding carboxylic acids is 3. The predicted octanol–water partition coefficient (Wildman–Crippen LogP) is 6.36. The third-order valence-corrected chi connectivity index (χ3v) is 7.32. The van der Waals surface area contributed by atoms with E-state index in [4.69, 9.17) is 32.7 Å². The first-order valence-corrected chi connectivity index (χ1v) is 18.2. The summed E-state index contributed by atoms with van der Waals surface area (Å²) in [5, 5.41) is 9.28. The molecule has 1 aliphatic carbocycles. The van der Waals surface area contributed by atoms with Gasteiger partial charge in [0.15, 0.2) is 5.79 Å². The molecule has 50 heavy (non-hydrogen) atoms. The van der Waals surface area contributed by atoms with Gasteiger partial charge in [0, 0.05) is 38.1 Å². The highest BCUT2D eigenvalue weighted by Crippen LogP contribution is 2.42. The lowest BCUT2D eigenvalue weighted by atomic mass is 10.1. The number of hydrogen-bond donors (Lipinski definition) is 2. The standard InChI is InChI=1S/C20H29N2O11P.C6H12O2.3C2H6.CH3F/c1-11(2)31-17(24)18(25)34(30-10-28-20(27)32-12(3)4)29-9-14-8-13(5)16(33-14)22-7-6-15(23)21-19(22)26;1-8-6(7)4-2-3-5-6;4*1-2/h6-7,11-14,16H,8-10H2,1-5H3,(H,21,23,26);7H,2-5H2,1H3;3*1-2H3;1H3. The molecule has 1 aromatic rings. The number of ether oxygens (including phenoxy) is 5. The Morgan fingerprint density at radius 1 is 1.00 bits per heavy atom. The lowest BCUT2D eigenvalue weighted by molar-refractivity contribution is -0.178. The molecule has 0 radical (unpaired) electrons. The second-order valence-corrected chi connectivity index (χ2v) is 11.8. The number of aromatic amines is 1. The van der Waals surface area contributed by atoms with Gasteiger partial charge in [-0.05, 0) is 47.0 Å². The average Bonchev–Trinajstić information content (AvgIpc) is 3.71. The molecule has 1 saturated heterocycles. The van der Waals surface area contributed by atoms with Crippen molar-refractivity contribution < 1.29 is 56.6 Å². The van der Waals surface area contributed by atoms with E-state index < -0.39 is 74.4 Å². The first-order valence-electron chi connectivity index (χ1n) is 17.0. The monoisotopic (exact) mass is 744 g/mol. The molecule has 2 N–H and O–H groups in total. The molecule has 15 nitrogen and oxygen atoms in total. The maximum Gasteiger partial charge on any atom is 0.510 e. The smallest absolute Gasteiger partial charge is 0.457 e. The lowest BCUT2D eigenvalue weighted by Gasteiger charge is -2.19. The lowest BCUT2D eigenvalue weighted by Crippen LogP contribution is -2.33. The van der Waals surface area contributed by atoms with Gasteiger partial charge < -0.3 is 33.3 Å². The third kappa shape index (κ3) is 20.8. The van der Waals surface area contributed by atoms with Gasteiger partial charge in [-0.1, -0.05) is 48.5 Å². The van der Waals surface area contributed by atoms with Crippen LogP contribution in [-0.2, 0) is 42.3 Å². The van der Waals surface area contributed by atoms with Gasteiger partial charge in [-0.25, -0.2) is 14.4 Å². The summed E-state index contributed by atoms with van der Waals surface area (Å²) in [7, 11) is -0.434. The second-order valence-electron chi connectivity index (χ2n) is 10.4. The van der Waals surface area contributed by atoms with E-state index in [1.807, 2.05) is 48.5 Å². The number of H-pyrrole nitrogens is 1. The summed E-state index contributed by atoms with van der Waals surface area (Å²) in [6, 6.07) is 1.21. The molecule has 4 atom stereocenters. The second kappa shape index (κ2) is 29.9. The van der Waals surface area contributed by atoms with Crippen molar-refractivity contribution in [1.82, 2.24) is 9.55 Å². The Bertz CT molecular complexity index is 1160. The molecule has 1 aromatic heterocycles. The van der Waals surface area contributed by atoms with Crippen LogP contribution in [0, 0.1) is 5.92 Å². The van der Waals surface area contributed by atoms with Crippen LogP contribution >= 0.6 is 8.38 Å². The van der Waals surface area contributed by atoms with Gasteiger partial charge in [0.25, 0.3) is 13.9 Å². The number of halogens is 1. The molecule has 1 aliphatic heterocycles. The van der Waals surface area contributed by atoms with E-state index in [1.165, 1.54) is 16.8 Å². The van der Waals surface area contributed by atoms with Crippen LogP contribution in [0.1, 0.15) is 114 Å². The number of esters is 1. The van der Waals surface area contributed by atoms with E-state index in [1.54, 1.807) is 34.8 Å². The Kier molecular flexibility index (Phi) is 30.9. The van der Waals surface area contributed by atoms with E-state index in [-0.39, 0.29) is 12.5 Å². The fourth-order valence-corrected chi connectivity index (χ4v) is 5.08. The van der Waals surface area contributed by atoms with E-state index >= 15 is 0 Å². The van der Waals surface area contributed by atoms with Crippen LogP contribution < -0.4 is 11.2 Å². The van der Waals surface area contributed by atoms with E-state index in [9.17, 15) is 33.5 Å². The number of nitrogens with zero attached hydrogens (tertiary/aromatic N) is 1. The summed E-state index contributed by atoms with van der Waals surface area (Å²) < 4.78 is 46.6. The van der Waals surface area contributed by atoms with E-state index in [0.717, 1.165) is 25.7 Å². The molecule has 3 rings (SSSR count). The molecule has 0 bridgehead atoms. The molecule has 2 aliphatic rings. The van der Waals surface area contributed by atoms with Gasteiger partial charge in [0.2, 0.25) is 6.79 Å². The normalized spacial score (nSPS) is 18.9. The zero-order valence-corrected chi connectivity index (χ0v) is 33.0. The summed E-state index contributed by atoms with van der Waals surface area (Å²) in [6.45, 7) is 19.4. The van der Waals surface area contributed by atoms with Gasteiger partial charge in [-0.2, -0.15) is 0 Å². The summed E-state index contributed by atoms with van der Waals surface area (Å²) in [6.07, 6.45) is 2.43. The SMILES string of the molecule is CC.CC.CC.CC(C)OC(=O)OCOP(OCC1CC(C)C(n2ccc(=O)[nH]c2=O)O1)C(=O)C(=O)OC(C)C.CF.COC1(O)CCCC1. The van der Waals surface area contributed by atoms with Crippen molar-refractivity contribution >= 4 is 26.0 Å². The van der Waals surface area contributed by atoms with Gasteiger partial charge in [-0.3, -0.25) is 28.1 Å². The van der Waals surface area contributed by atoms with E-state index in [2.05, 4.69) is 4.98 Å². The minimum Gasteiger partial charge on any atom is -0.457 e. The van der Waals surface area contributed by atoms with Crippen molar-refractivity contribution in [3.05, 3.63) is 33.1 Å². The maximum atomic E-state index is 12.5. The molecule has 1 saturated carbocycles. The molecule has 294 valence electrons. The highest BCUT2D eigenvalue weighted by molar-refractivity contribution is 7.69. The van der Waals surface area contributed by atoms with Gasteiger partial charge in [0.1, 0.15) is 6.23 Å². The first kappa shape index (κ1) is 51.6. The third-order valence-electron chi connectivity index (χ3n) is 6.08. The van der Waals surface area contributed by atoms with E-state index in [0.29, 0.717) is 13.6 Å². The van der Waals surface area contributed by atoms with Gasteiger partial charge in [-0.15, -0.1) is 0 Å². The Labute approximate surface area is 297 Å². The van der Waals surface area contributed by atoms with Crippen LogP contribution in [0.15, 0.2) is 21.9 Å². The van der Waals surface area contributed by atoms with Crippen LogP contribution in [0.4, 0.5) is 9.18 Å². The molecule has 17 heteroatoms. The molecule has 0 amide bonds. The Morgan fingerprint density at radius 3 is 2.00 bits per heavy atom. The molecular formula is C33H62FN2O13P. The Hall–Kier alpha value is -2.75. The fraction of sp³-hybridized carbons (Fsp3) is 0.788. The first-order chi connectivity index (χ1) is 23.7. The van der Waals surface area contributed by atoms with Crippen molar-refractivity contribution in [2.75, 3.05) is 27.7 Å². The van der Waals surface area contributed by atoms with Crippen molar-refractivity contribution in [3.8, 4) is 0 Å². The number of rotatable bonds is 12. The van der Waals surface area contributed by atoms with Crippen LogP contribution in [0.5, 0.6) is 0 Å². The highest BCUT2D eigenvalue weighted by atomic mass is 31.2. The number of hydrogen-bond acceptors (Lipinski definition) is 13. The number of nitrogens with one attached hydrogen (secondary N) is 1. The number of methoxy groups -OCH3 is 1. The Morgan fingerprint density at radius 2 is 1.54 bits per heavy atom. The van der Waals surface area contributed by atoms with Crippen LogP contribution in [-0.4, -0.2) is 84.1 Å². The van der Waals surface area contributed by atoms with Gasteiger partial charge >= 0.3 is 23.3 Å². The zero-order valence-electron chi connectivity index (χ0n) is 32.1. The number of alkyl halides is 1. The number of aliphatic hydroxyl groups is 1. The molecule has 0 spiro atoms. The number of aromatic nitrogens is 2. The highest BCUT2D eigenvalue weighted by Gasteiger charge is 2.37. The Balaban J connectivity index is -0.00000116. The van der Waals surface area contributed by atoms with Crippen LogP contribution in [0.25, 0.3) is 0 Å². The maximum absolute atomic E-state index is 12.5. The zero-order chi connectivity index (χ0) is 39.4. The van der Waals surface area contributed by atoms with Crippen molar-refractivity contribution in [2.45, 2.75) is 139 Å². The summed E-state index contributed by atoms with van der Waals surface area (Å²) in [5.74, 6) is -2.04. The topological polar surface area (TPSA) is 191 Å². The molecular weight excluding hydrogens is 682 g/mol. The van der Waals surface area contributed by atoms with Crippen molar-refractivity contribution in [2.24, 2.45) is 5.92 Å². The molecule has 2 heterocycles. The van der Waals surface area contributed by atoms with Crippen molar-refractivity contribution in [3.63, 3.8) is 0 Å². The summed E-state index contributed by atoms with van der Waals surface area (Å²) in [4.78, 5) is 61.6. The summed E-state index contributed by atoms with van der Waals surface area (Å²) in [5.41, 5.74) is -2.21. The average molecular weight is 745 g/mol. The van der Waals surface area contributed by atoms with Gasteiger partial charge in [0.05, 0.1) is 32.1 Å². The summed E-state index contributed by atoms with van der Waals surface area (Å²) >= 11 is 0. The fourth-order valence-electron chi connectivity index (χ4n) is 4.12. The van der Waals surface area contributed by atoms with Crippen LogP contribution in [0.3, 0.4) is 0 Å². The van der Waals surface area contributed by atoms with Crippen LogP contribution in [0.2, 0.25) is 0 Å². The number of carbonyl (C=O) groups is 3. The quantitative estimate of drug-likeness (QED) is 0.104.